The number of aromatic carboxylic acids is 1. The summed E-state index contributed by atoms with van der Waals surface area (Å²) in [6, 6.07) is 7.66. The number of nitriles is 1. The van der Waals surface area contributed by atoms with Crippen molar-refractivity contribution in [3.05, 3.63) is 41.3 Å². The minimum Gasteiger partial charge on any atom is -0.475 e. The molecular formula is C12H6F2N2O3. The smallest absolute Gasteiger partial charge is 0.374 e. The van der Waals surface area contributed by atoms with Crippen molar-refractivity contribution in [2.45, 2.75) is 6.43 Å². The maximum atomic E-state index is 12.6. The molecule has 7 heteroatoms. The Bertz CT molecular complexity index is 657. The fraction of sp³-hybridized carbons (Fsp3) is 0.0833. The van der Waals surface area contributed by atoms with Crippen molar-refractivity contribution >= 4 is 5.97 Å². The lowest BCUT2D eigenvalue weighted by molar-refractivity contribution is 0.0647. The Balaban J connectivity index is 2.48. The Morgan fingerprint density at radius 2 is 2.00 bits per heavy atom. The van der Waals surface area contributed by atoms with E-state index in [1.165, 1.54) is 24.3 Å². The number of carbonyl (C=O) groups is 1. The molecule has 0 unspecified atom stereocenters. The molecule has 0 bridgehead atoms. The highest BCUT2D eigenvalue weighted by Gasteiger charge is 2.26. The number of halogens is 2. The molecule has 2 rings (SSSR count). The van der Waals surface area contributed by atoms with Gasteiger partial charge in [-0.1, -0.05) is 0 Å². The SMILES string of the molecule is N#Cc1ccc(-c2nc(C(F)F)c(C(=O)O)o2)cc1. The van der Waals surface area contributed by atoms with Gasteiger partial charge in [0, 0.05) is 5.56 Å². The van der Waals surface area contributed by atoms with Gasteiger partial charge in [0.05, 0.1) is 11.6 Å². The lowest BCUT2D eigenvalue weighted by Gasteiger charge is -1.94. The van der Waals surface area contributed by atoms with Crippen LogP contribution in [-0.2, 0) is 0 Å². The van der Waals surface area contributed by atoms with Crippen molar-refractivity contribution in [1.82, 2.24) is 4.98 Å². The van der Waals surface area contributed by atoms with Crippen LogP contribution < -0.4 is 0 Å². The molecule has 0 spiro atoms. The summed E-state index contributed by atoms with van der Waals surface area (Å²) in [5.41, 5.74) is -0.219. The fourth-order valence-corrected chi connectivity index (χ4v) is 1.44. The van der Waals surface area contributed by atoms with Gasteiger partial charge < -0.3 is 9.52 Å². The van der Waals surface area contributed by atoms with E-state index >= 15 is 0 Å². The molecule has 0 aliphatic rings. The van der Waals surface area contributed by atoms with Crippen LogP contribution in [0.2, 0.25) is 0 Å². The van der Waals surface area contributed by atoms with E-state index in [2.05, 4.69) is 4.98 Å². The van der Waals surface area contributed by atoms with Crippen molar-refractivity contribution in [3.8, 4) is 17.5 Å². The van der Waals surface area contributed by atoms with E-state index in [-0.39, 0.29) is 5.89 Å². The molecule has 96 valence electrons. The summed E-state index contributed by atoms with van der Waals surface area (Å²) in [6.45, 7) is 0. The van der Waals surface area contributed by atoms with Gasteiger partial charge in [-0.3, -0.25) is 0 Å². The first-order valence-corrected chi connectivity index (χ1v) is 5.05. The van der Waals surface area contributed by atoms with Crippen LogP contribution in [0.25, 0.3) is 11.5 Å². The van der Waals surface area contributed by atoms with Crippen molar-refractivity contribution in [3.63, 3.8) is 0 Å². The molecule has 5 nitrogen and oxygen atoms in total. The first kappa shape index (κ1) is 12.7. The Morgan fingerprint density at radius 3 is 2.42 bits per heavy atom. The fourth-order valence-electron chi connectivity index (χ4n) is 1.44. The number of rotatable bonds is 3. The second kappa shape index (κ2) is 4.86. The number of carboxylic acid groups (broad SMARTS) is 1. The monoisotopic (exact) mass is 264 g/mol. The standard InChI is InChI=1S/C12H6F2N2O3/c13-10(14)8-9(12(17)18)19-11(16-8)7-3-1-6(5-15)2-4-7/h1-4,10H,(H,17,18). The molecule has 19 heavy (non-hydrogen) atoms. The van der Waals surface area contributed by atoms with Crippen molar-refractivity contribution in [2.75, 3.05) is 0 Å². The minimum atomic E-state index is -3.04. The third-order valence-electron chi connectivity index (χ3n) is 2.32. The molecule has 2 aromatic rings. The summed E-state index contributed by atoms with van der Waals surface area (Å²) < 4.78 is 30.0. The van der Waals surface area contributed by atoms with Gasteiger partial charge >= 0.3 is 5.97 Å². The molecule has 0 saturated carbocycles. The van der Waals surface area contributed by atoms with Crippen LogP contribution in [0.5, 0.6) is 0 Å². The first-order chi connectivity index (χ1) is 9.02. The third kappa shape index (κ3) is 2.42. The molecule has 0 amide bonds. The largest absolute Gasteiger partial charge is 0.475 e. The number of alkyl halides is 2. The molecule has 0 radical (unpaired) electrons. The molecule has 0 aliphatic carbocycles. The summed E-state index contributed by atoms with van der Waals surface area (Å²) in [4.78, 5) is 14.2. The van der Waals surface area contributed by atoms with E-state index in [0.29, 0.717) is 11.1 Å². The second-order valence-electron chi connectivity index (χ2n) is 3.53. The van der Waals surface area contributed by atoms with Gasteiger partial charge in [0.1, 0.15) is 0 Å². The van der Waals surface area contributed by atoms with Crippen LogP contribution in [-0.4, -0.2) is 16.1 Å². The third-order valence-corrected chi connectivity index (χ3v) is 2.32. The Labute approximate surface area is 105 Å². The molecule has 1 aromatic carbocycles. The lowest BCUT2D eigenvalue weighted by Crippen LogP contribution is -1.99. The van der Waals surface area contributed by atoms with E-state index in [4.69, 9.17) is 14.8 Å². The summed E-state index contributed by atoms with van der Waals surface area (Å²) in [5.74, 6) is -2.71. The van der Waals surface area contributed by atoms with Gasteiger partial charge in [-0.05, 0) is 24.3 Å². The molecule has 1 aromatic heterocycles. The van der Waals surface area contributed by atoms with E-state index < -0.39 is 23.8 Å². The van der Waals surface area contributed by atoms with Crippen LogP contribution in [0.3, 0.4) is 0 Å². The van der Waals surface area contributed by atoms with Gasteiger partial charge in [-0.2, -0.15) is 5.26 Å². The maximum Gasteiger partial charge on any atom is 0.374 e. The highest BCUT2D eigenvalue weighted by atomic mass is 19.3. The van der Waals surface area contributed by atoms with E-state index in [0.717, 1.165) is 0 Å². The number of aromatic nitrogens is 1. The zero-order valence-electron chi connectivity index (χ0n) is 9.30. The normalized spacial score (nSPS) is 10.4. The highest BCUT2D eigenvalue weighted by molar-refractivity contribution is 5.86. The molecule has 0 atom stereocenters. The van der Waals surface area contributed by atoms with Crippen LogP contribution >= 0.6 is 0 Å². The molecule has 0 fully saturated rings. The minimum absolute atomic E-state index is 0.225. The Kier molecular flexibility index (Phi) is 3.25. The second-order valence-corrected chi connectivity index (χ2v) is 3.53. The number of hydrogen-bond acceptors (Lipinski definition) is 4. The van der Waals surface area contributed by atoms with Gasteiger partial charge in [0.25, 0.3) is 6.43 Å². The molecule has 0 saturated heterocycles. The topological polar surface area (TPSA) is 87.1 Å². The van der Waals surface area contributed by atoms with Gasteiger partial charge in [-0.15, -0.1) is 0 Å². The van der Waals surface area contributed by atoms with Gasteiger partial charge in [0.2, 0.25) is 11.7 Å². The van der Waals surface area contributed by atoms with Crippen molar-refractivity contribution in [2.24, 2.45) is 0 Å². The molecule has 0 aliphatic heterocycles. The van der Waals surface area contributed by atoms with Crippen LogP contribution in [0.4, 0.5) is 8.78 Å². The summed E-state index contributed by atoms with van der Waals surface area (Å²) in [5, 5.41) is 17.4. The van der Waals surface area contributed by atoms with Crippen LogP contribution in [0.15, 0.2) is 28.7 Å². The van der Waals surface area contributed by atoms with Crippen molar-refractivity contribution < 1.29 is 23.1 Å². The Hall–Kier alpha value is -2.75. The number of hydrogen-bond donors (Lipinski definition) is 1. The Morgan fingerprint density at radius 1 is 1.37 bits per heavy atom. The number of oxazole rings is 1. The summed E-state index contributed by atoms with van der Waals surface area (Å²) in [6.07, 6.45) is -3.04. The average Bonchev–Trinajstić information content (AvgIpc) is 2.84. The number of benzene rings is 1. The van der Waals surface area contributed by atoms with Gasteiger partial charge in [-0.25, -0.2) is 18.6 Å². The molecule has 1 N–H and O–H groups in total. The van der Waals surface area contributed by atoms with Crippen molar-refractivity contribution in [1.29, 1.82) is 5.26 Å². The summed E-state index contributed by atoms with van der Waals surface area (Å²) in [7, 11) is 0. The van der Waals surface area contributed by atoms with E-state index in [9.17, 15) is 13.6 Å². The first-order valence-electron chi connectivity index (χ1n) is 5.05. The summed E-state index contributed by atoms with van der Waals surface area (Å²) >= 11 is 0. The molecule has 1 heterocycles. The van der Waals surface area contributed by atoms with E-state index in [1.54, 1.807) is 0 Å². The quantitative estimate of drug-likeness (QED) is 0.920. The highest BCUT2D eigenvalue weighted by Crippen LogP contribution is 2.28. The molecular weight excluding hydrogens is 258 g/mol. The zero-order chi connectivity index (χ0) is 14.0. The maximum absolute atomic E-state index is 12.6. The van der Waals surface area contributed by atoms with Crippen LogP contribution in [0.1, 0.15) is 28.2 Å². The lowest BCUT2D eigenvalue weighted by atomic mass is 10.1. The van der Waals surface area contributed by atoms with Crippen LogP contribution in [0, 0.1) is 11.3 Å². The zero-order valence-corrected chi connectivity index (χ0v) is 9.30. The van der Waals surface area contributed by atoms with E-state index in [1.807, 2.05) is 6.07 Å². The predicted octanol–water partition coefficient (Wildman–Crippen LogP) is 2.85. The average molecular weight is 264 g/mol. The van der Waals surface area contributed by atoms with Gasteiger partial charge in [0.15, 0.2) is 5.69 Å². The number of carboxylic acids is 1. The predicted molar refractivity (Wildman–Crippen MR) is 58.6 cm³/mol. The number of nitrogens with zero attached hydrogens (tertiary/aromatic N) is 2.